The Balaban J connectivity index is 2.50. The molecular weight excluding hydrogens is 250 g/mol. The van der Waals surface area contributed by atoms with Gasteiger partial charge in [-0.15, -0.1) is 0 Å². The molecule has 1 unspecified atom stereocenters. The maximum atomic E-state index is 12.2. The molecule has 1 aliphatic rings. The Morgan fingerprint density at radius 2 is 2.11 bits per heavy atom. The highest BCUT2D eigenvalue weighted by atomic mass is 32.2. The minimum Gasteiger partial charge on any atom is -0.313 e. The van der Waals surface area contributed by atoms with Crippen LogP contribution in [0.3, 0.4) is 0 Å². The van der Waals surface area contributed by atoms with Crippen molar-refractivity contribution in [3.8, 4) is 0 Å². The molecule has 0 bridgehead atoms. The molecule has 6 heteroatoms. The molecule has 108 valence electrons. The van der Waals surface area contributed by atoms with Crippen LogP contribution in [-0.2, 0) is 10.0 Å². The van der Waals surface area contributed by atoms with Gasteiger partial charge in [0.2, 0.25) is 10.0 Å². The lowest BCUT2D eigenvalue weighted by Crippen LogP contribution is -2.48. The fourth-order valence-corrected chi connectivity index (χ4v) is 3.57. The number of likely N-dealkylation sites (N-methyl/N-ethyl adjacent to an activating group) is 2. The van der Waals surface area contributed by atoms with Crippen LogP contribution in [0.15, 0.2) is 0 Å². The van der Waals surface area contributed by atoms with E-state index in [1.165, 1.54) is 0 Å². The summed E-state index contributed by atoms with van der Waals surface area (Å²) in [6.07, 6.45) is 2.04. The minimum atomic E-state index is -3.13. The smallest absolute Gasteiger partial charge is 0.215 e. The molecule has 0 aromatic heterocycles. The first-order chi connectivity index (χ1) is 8.33. The van der Waals surface area contributed by atoms with Gasteiger partial charge < -0.3 is 10.2 Å². The van der Waals surface area contributed by atoms with Gasteiger partial charge in [0.25, 0.3) is 0 Å². The van der Waals surface area contributed by atoms with Crippen LogP contribution in [0.4, 0.5) is 0 Å². The summed E-state index contributed by atoms with van der Waals surface area (Å²) in [7, 11) is 0.631. The number of hydrogen-bond acceptors (Lipinski definition) is 4. The van der Waals surface area contributed by atoms with Crippen LogP contribution >= 0.6 is 0 Å². The molecule has 1 N–H and O–H groups in total. The van der Waals surface area contributed by atoms with Crippen LogP contribution in [0.5, 0.6) is 0 Å². The summed E-state index contributed by atoms with van der Waals surface area (Å²) in [6.45, 7) is 6.47. The van der Waals surface area contributed by atoms with E-state index in [1.807, 2.05) is 20.9 Å². The van der Waals surface area contributed by atoms with Crippen molar-refractivity contribution in [2.75, 3.05) is 39.5 Å². The molecule has 18 heavy (non-hydrogen) atoms. The van der Waals surface area contributed by atoms with E-state index >= 15 is 0 Å². The van der Waals surface area contributed by atoms with Crippen molar-refractivity contribution in [2.45, 2.75) is 38.8 Å². The zero-order chi connectivity index (χ0) is 13.8. The highest BCUT2D eigenvalue weighted by Crippen LogP contribution is 2.16. The fraction of sp³-hybridized carbons (Fsp3) is 1.00. The minimum absolute atomic E-state index is 0.132. The lowest BCUT2D eigenvalue weighted by Gasteiger charge is -2.35. The average Bonchev–Trinajstić information content (AvgIpc) is 2.27. The average molecular weight is 277 g/mol. The van der Waals surface area contributed by atoms with Gasteiger partial charge >= 0.3 is 0 Å². The van der Waals surface area contributed by atoms with Crippen molar-refractivity contribution in [3.05, 3.63) is 0 Å². The van der Waals surface area contributed by atoms with Gasteiger partial charge in [-0.05, 0) is 26.4 Å². The van der Waals surface area contributed by atoms with Crippen LogP contribution in [0.1, 0.15) is 26.7 Å². The summed E-state index contributed by atoms with van der Waals surface area (Å²) in [6, 6.07) is 0.458. The predicted octanol–water partition coefficient (Wildman–Crippen LogP) is 0.340. The lowest BCUT2D eigenvalue weighted by atomic mass is 10.1. The topological polar surface area (TPSA) is 52.7 Å². The standard InChI is InChI=1S/C12H27N3O2S/c1-11(2)13-7-9-18(16,17)15(4)12-6-5-8-14(3)10-12/h11-13H,5-10H2,1-4H3. The summed E-state index contributed by atoms with van der Waals surface area (Å²) in [5.41, 5.74) is 0. The van der Waals surface area contributed by atoms with Gasteiger partial charge in [-0.3, -0.25) is 0 Å². The molecule has 0 aromatic rings. The summed E-state index contributed by atoms with van der Waals surface area (Å²) < 4.78 is 25.9. The first-order valence-corrected chi connectivity index (χ1v) is 8.31. The Labute approximate surface area is 112 Å². The summed E-state index contributed by atoms with van der Waals surface area (Å²) in [5.74, 6) is 0.182. The quantitative estimate of drug-likeness (QED) is 0.761. The number of hydrogen-bond donors (Lipinski definition) is 1. The second-order valence-corrected chi connectivity index (χ2v) is 7.65. The van der Waals surface area contributed by atoms with Crippen molar-refractivity contribution in [3.63, 3.8) is 0 Å². The number of nitrogens with zero attached hydrogens (tertiary/aromatic N) is 2. The molecule has 0 amide bonds. The second-order valence-electron chi connectivity index (χ2n) is 5.50. The van der Waals surface area contributed by atoms with E-state index in [2.05, 4.69) is 10.2 Å². The van der Waals surface area contributed by atoms with E-state index in [0.717, 1.165) is 25.9 Å². The summed E-state index contributed by atoms with van der Waals surface area (Å²) >= 11 is 0. The van der Waals surface area contributed by atoms with Crippen molar-refractivity contribution in [1.29, 1.82) is 0 Å². The zero-order valence-electron chi connectivity index (χ0n) is 12.0. The van der Waals surface area contributed by atoms with Crippen LogP contribution < -0.4 is 5.32 Å². The molecular formula is C12H27N3O2S. The molecule has 0 saturated carbocycles. The number of sulfonamides is 1. The third-order valence-corrected chi connectivity index (χ3v) is 5.36. The third kappa shape index (κ3) is 4.84. The monoisotopic (exact) mass is 277 g/mol. The summed E-state index contributed by atoms with van der Waals surface area (Å²) in [5, 5.41) is 3.15. The molecule has 1 fully saturated rings. The zero-order valence-corrected chi connectivity index (χ0v) is 12.8. The van der Waals surface area contributed by atoms with Crippen LogP contribution in [0, 0.1) is 0 Å². The van der Waals surface area contributed by atoms with Crippen molar-refractivity contribution < 1.29 is 8.42 Å². The predicted molar refractivity (Wildman–Crippen MR) is 75.2 cm³/mol. The number of rotatable bonds is 6. The molecule has 1 rings (SSSR count). The molecule has 0 aliphatic carbocycles. The van der Waals surface area contributed by atoms with Crippen LogP contribution in [0.2, 0.25) is 0 Å². The van der Waals surface area contributed by atoms with E-state index in [1.54, 1.807) is 11.4 Å². The molecule has 0 spiro atoms. The van der Waals surface area contributed by atoms with Gasteiger partial charge in [0.15, 0.2) is 0 Å². The van der Waals surface area contributed by atoms with E-state index in [4.69, 9.17) is 0 Å². The Kier molecular flexibility index (Phi) is 6.04. The van der Waals surface area contributed by atoms with Gasteiger partial charge in [0, 0.05) is 32.2 Å². The number of nitrogens with one attached hydrogen (secondary N) is 1. The van der Waals surface area contributed by atoms with Crippen molar-refractivity contribution in [2.24, 2.45) is 0 Å². The van der Waals surface area contributed by atoms with Gasteiger partial charge in [-0.25, -0.2) is 12.7 Å². The molecule has 1 saturated heterocycles. The molecule has 1 heterocycles. The Bertz CT molecular complexity index is 343. The molecule has 5 nitrogen and oxygen atoms in total. The normalized spacial score (nSPS) is 22.9. The Morgan fingerprint density at radius 1 is 1.44 bits per heavy atom. The van der Waals surface area contributed by atoms with Crippen molar-refractivity contribution >= 4 is 10.0 Å². The van der Waals surface area contributed by atoms with Gasteiger partial charge in [0.05, 0.1) is 5.75 Å². The highest BCUT2D eigenvalue weighted by molar-refractivity contribution is 7.89. The largest absolute Gasteiger partial charge is 0.313 e. The highest BCUT2D eigenvalue weighted by Gasteiger charge is 2.28. The SMILES string of the molecule is CC(C)NCCS(=O)(=O)N(C)C1CCCN(C)C1. The van der Waals surface area contributed by atoms with Crippen LogP contribution in [0.25, 0.3) is 0 Å². The maximum absolute atomic E-state index is 12.2. The van der Waals surface area contributed by atoms with Gasteiger partial charge in [-0.2, -0.15) is 0 Å². The first kappa shape index (κ1) is 15.9. The Hall–Kier alpha value is -0.170. The van der Waals surface area contributed by atoms with Crippen molar-refractivity contribution in [1.82, 2.24) is 14.5 Å². The van der Waals surface area contributed by atoms with Gasteiger partial charge in [-0.1, -0.05) is 13.8 Å². The summed E-state index contributed by atoms with van der Waals surface area (Å²) in [4.78, 5) is 2.20. The fourth-order valence-electron chi connectivity index (χ4n) is 2.28. The first-order valence-electron chi connectivity index (χ1n) is 6.70. The van der Waals surface area contributed by atoms with Gasteiger partial charge in [0.1, 0.15) is 0 Å². The van der Waals surface area contributed by atoms with E-state index in [9.17, 15) is 8.42 Å². The van der Waals surface area contributed by atoms with E-state index in [0.29, 0.717) is 12.6 Å². The lowest BCUT2D eigenvalue weighted by molar-refractivity contribution is 0.187. The second kappa shape index (κ2) is 6.84. The maximum Gasteiger partial charge on any atom is 0.215 e. The van der Waals surface area contributed by atoms with E-state index < -0.39 is 10.0 Å². The number of likely N-dealkylation sites (tertiary alicyclic amines) is 1. The van der Waals surface area contributed by atoms with Crippen LogP contribution in [-0.4, -0.2) is 69.2 Å². The third-order valence-electron chi connectivity index (χ3n) is 3.47. The molecule has 1 aliphatic heterocycles. The molecule has 1 atom stereocenters. The van der Waals surface area contributed by atoms with E-state index in [-0.39, 0.29) is 11.8 Å². The molecule has 0 aromatic carbocycles. The number of piperidine rings is 1. The molecule has 0 radical (unpaired) electrons. The Morgan fingerprint density at radius 3 is 2.67 bits per heavy atom.